The molecule has 1 saturated heterocycles. The maximum Gasteiger partial charge on any atom is 0.0642 e. The van der Waals surface area contributed by atoms with Gasteiger partial charge in [0.05, 0.1) is 10.7 Å². The van der Waals surface area contributed by atoms with E-state index in [2.05, 4.69) is 23.1 Å². The summed E-state index contributed by atoms with van der Waals surface area (Å²) in [5, 5.41) is 0.902. The quantitative estimate of drug-likeness (QED) is 0.913. The number of hydrogen-bond donors (Lipinski definition) is 1. The van der Waals surface area contributed by atoms with Crippen molar-refractivity contribution in [1.82, 2.24) is 0 Å². The van der Waals surface area contributed by atoms with Crippen LogP contribution in [0, 0.1) is 0 Å². The molecule has 0 unspecified atom stereocenters. The van der Waals surface area contributed by atoms with Gasteiger partial charge in [-0.1, -0.05) is 24.1 Å². The first kappa shape index (κ1) is 13.3. The highest BCUT2D eigenvalue weighted by molar-refractivity contribution is 6.33. The van der Waals surface area contributed by atoms with Crippen LogP contribution in [0.5, 0.6) is 0 Å². The van der Waals surface area contributed by atoms with Gasteiger partial charge >= 0.3 is 0 Å². The van der Waals surface area contributed by atoms with E-state index in [1.807, 2.05) is 0 Å². The minimum Gasteiger partial charge on any atom is -0.370 e. The molecule has 19 heavy (non-hydrogen) atoms. The predicted octanol–water partition coefficient (Wildman–Crippen LogP) is 3.71. The molecule has 2 N–H and O–H groups in total. The Labute approximate surface area is 120 Å². The molecule has 1 saturated carbocycles. The molecule has 1 heterocycles. The van der Waals surface area contributed by atoms with E-state index < -0.39 is 0 Å². The van der Waals surface area contributed by atoms with Crippen LogP contribution in [0.1, 0.15) is 44.1 Å². The van der Waals surface area contributed by atoms with Gasteiger partial charge in [0.1, 0.15) is 0 Å². The van der Waals surface area contributed by atoms with Crippen LogP contribution in [0.3, 0.4) is 0 Å². The molecule has 0 atom stereocenters. The van der Waals surface area contributed by atoms with E-state index in [0.717, 1.165) is 24.7 Å². The van der Waals surface area contributed by atoms with Gasteiger partial charge in [-0.3, -0.25) is 0 Å². The van der Waals surface area contributed by atoms with Crippen LogP contribution in [-0.2, 0) is 5.41 Å². The van der Waals surface area contributed by atoms with E-state index in [0.29, 0.717) is 0 Å². The van der Waals surface area contributed by atoms with Gasteiger partial charge < -0.3 is 10.6 Å². The highest BCUT2D eigenvalue weighted by Gasteiger charge is 2.37. The zero-order valence-corrected chi connectivity index (χ0v) is 12.3. The number of nitrogens with zero attached hydrogens (tertiary/aromatic N) is 1. The Morgan fingerprint density at radius 3 is 2.37 bits per heavy atom. The fraction of sp³-hybridized carbons (Fsp3) is 0.625. The lowest BCUT2D eigenvalue weighted by molar-refractivity contribution is 0.253. The second-order valence-corrected chi connectivity index (χ2v) is 6.46. The van der Waals surface area contributed by atoms with Gasteiger partial charge in [-0.05, 0) is 49.8 Å². The number of benzene rings is 1. The second-order valence-electron chi connectivity index (χ2n) is 6.05. The lowest BCUT2D eigenvalue weighted by atomic mass is 9.64. The molecule has 2 fully saturated rings. The van der Waals surface area contributed by atoms with Crippen LogP contribution in [0.2, 0.25) is 5.02 Å². The number of halogens is 1. The Hall–Kier alpha value is -0.730. The molecule has 0 aromatic heterocycles. The number of rotatable bonds is 3. The summed E-state index contributed by atoms with van der Waals surface area (Å²) in [6.07, 6.45) is 7.63. The van der Waals surface area contributed by atoms with Crippen molar-refractivity contribution < 1.29 is 0 Å². The van der Waals surface area contributed by atoms with Crippen molar-refractivity contribution in [3.8, 4) is 0 Å². The van der Waals surface area contributed by atoms with Crippen molar-refractivity contribution >= 4 is 17.3 Å². The average Bonchev–Trinajstić information content (AvgIpc) is 2.39. The van der Waals surface area contributed by atoms with Crippen LogP contribution in [0.25, 0.3) is 0 Å². The molecule has 0 spiro atoms. The Morgan fingerprint density at radius 2 is 1.84 bits per heavy atom. The lowest BCUT2D eigenvalue weighted by Crippen LogP contribution is -2.41. The molecule has 1 aliphatic heterocycles. The van der Waals surface area contributed by atoms with Gasteiger partial charge in [0.15, 0.2) is 0 Å². The normalized spacial score (nSPS) is 22.1. The summed E-state index contributed by atoms with van der Waals surface area (Å²) in [6, 6.07) is 6.62. The number of hydrogen-bond acceptors (Lipinski definition) is 2. The first-order valence-electron chi connectivity index (χ1n) is 7.50. The topological polar surface area (TPSA) is 29.3 Å². The summed E-state index contributed by atoms with van der Waals surface area (Å²) in [5.74, 6) is 0. The van der Waals surface area contributed by atoms with Gasteiger partial charge in [-0.25, -0.2) is 0 Å². The van der Waals surface area contributed by atoms with Crippen molar-refractivity contribution in [2.75, 3.05) is 24.5 Å². The Morgan fingerprint density at radius 1 is 1.11 bits per heavy atom. The largest absolute Gasteiger partial charge is 0.370 e. The molecule has 2 nitrogen and oxygen atoms in total. The number of anilines is 1. The highest BCUT2D eigenvalue weighted by atomic mass is 35.5. The maximum atomic E-state index is 6.52. The first-order valence-corrected chi connectivity index (χ1v) is 7.88. The van der Waals surface area contributed by atoms with Crippen LogP contribution in [-0.4, -0.2) is 19.6 Å². The third-order valence-electron chi connectivity index (χ3n) is 4.96. The Kier molecular flexibility index (Phi) is 3.72. The van der Waals surface area contributed by atoms with E-state index in [1.165, 1.54) is 49.8 Å². The Bertz CT molecular complexity index is 443. The first-order chi connectivity index (χ1) is 9.25. The van der Waals surface area contributed by atoms with Crippen molar-refractivity contribution in [2.45, 2.75) is 43.9 Å². The third-order valence-corrected chi connectivity index (χ3v) is 5.26. The predicted molar refractivity (Wildman–Crippen MR) is 82.1 cm³/mol. The lowest BCUT2D eigenvalue weighted by Gasteiger charge is -2.42. The zero-order valence-electron chi connectivity index (χ0n) is 11.5. The molecular weight excluding hydrogens is 256 g/mol. The molecule has 0 radical (unpaired) electrons. The molecule has 3 heteroatoms. The zero-order chi connectivity index (χ0) is 13.3. The summed E-state index contributed by atoms with van der Waals surface area (Å²) in [5.41, 5.74) is 8.74. The fourth-order valence-corrected chi connectivity index (χ4v) is 3.74. The van der Waals surface area contributed by atoms with Crippen LogP contribution < -0.4 is 10.6 Å². The molecule has 0 bridgehead atoms. The van der Waals surface area contributed by atoms with Gasteiger partial charge in [-0.15, -0.1) is 0 Å². The van der Waals surface area contributed by atoms with E-state index in [9.17, 15) is 0 Å². The van der Waals surface area contributed by atoms with Gasteiger partial charge in [0.2, 0.25) is 0 Å². The maximum absolute atomic E-state index is 6.52. The smallest absolute Gasteiger partial charge is 0.0642 e. The molecule has 1 aromatic rings. The average molecular weight is 279 g/mol. The van der Waals surface area contributed by atoms with Gasteiger partial charge in [0.25, 0.3) is 0 Å². The Balaban J connectivity index is 1.85. The van der Waals surface area contributed by atoms with Crippen LogP contribution in [0.15, 0.2) is 18.2 Å². The molecule has 2 aliphatic rings. The van der Waals surface area contributed by atoms with Crippen molar-refractivity contribution in [2.24, 2.45) is 5.73 Å². The van der Waals surface area contributed by atoms with Crippen LogP contribution >= 0.6 is 11.6 Å². The summed E-state index contributed by atoms with van der Waals surface area (Å²) in [4.78, 5) is 2.42. The van der Waals surface area contributed by atoms with Gasteiger partial charge in [-0.2, -0.15) is 0 Å². The van der Waals surface area contributed by atoms with E-state index in [1.54, 1.807) is 0 Å². The van der Waals surface area contributed by atoms with E-state index in [-0.39, 0.29) is 5.41 Å². The van der Waals surface area contributed by atoms with Gasteiger partial charge in [0, 0.05) is 25.0 Å². The monoisotopic (exact) mass is 278 g/mol. The highest BCUT2D eigenvalue weighted by Crippen LogP contribution is 2.44. The molecular formula is C16H23ClN2. The standard InChI is InChI=1S/C16H23ClN2/c17-14-11-13(16(12-18)7-4-8-16)5-6-15(14)19-9-2-1-3-10-19/h5-6,11H,1-4,7-10,12,18H2. The number of nitrogens with two attached hydrogens (primary N) is 1. The fourth-order valence-electron chi connectivity index (χ4n) is 3.44. The van der Waals surface area contributed by atoms with E-state index in [4.69, 9.17) is 17.3 Å². The minimum atomic E-state index is 0.212. The molecule has 1 aliphatic carbocycles. The molecule has 0 amide bonds. The summed E-state index contributed by atoms with van der Waals surface area (Å²) in [7, 11) is 0. The molecule has 104 valence electrons. The second kappa shape index (κ2) is 5.34. The van der Waals surface area contributed by atoms with Crippen molar-refractivity contribution in [3.63, 3.8) is 0 Å². The third kappa shape index (κ3) is 2.36. The molecule has 1 aromatic carbocycles. The summed E-state index contributed by atoms with van der Waals surface area (Å²) in [6.45, 7) is 3.02. The number of piperidine rings is 1. The summed E-state index contributed by atoms with van der Waals surface area (Å²) < 4.78 is 0. The van der Waals surface area contributed by atoms with Crippen molar-refractivity contribution in [1.29, 1.82) is 0 Å². The van der Waals surface area contributed by atoms with Crippen molar-refractivity contribution in [3.05, 3.63) is 28.8 Å². The van der Waals surface area contributed by atoms with Crippen LogP contribution in [0.4, 0.5) is 5.69 Å². The summed E-state index contributed by atoms with van der Waals surface area (Å²) >= 11 is 6.52. The van der Waals surface area contributed by atoms with E-state index >= 15 is 0 Å². The minimum absolute atomic E-state index is 0.212. The SMILES string of the molecule is NCC1(c2ccc(N3CCCCC3)c(Cl)c2)CCC1. The molecule has 3 rings (SSSR count).